The summed E-state index contributed by atoms with van der Waals surface area (Å²) in [6, 6.07) is 11.8. The Morgan fingerprint density at radius 3 is 2.75 bits per heavy atom. The van der Waals surface area contributed by atoms with Crippen LogP contribution in [0.3, 0.4) is 0 Å². The number of aromatic nitrogens is 2. The molecule has 2 amide bonds. The van der Waals surface area contributed by atoms with Crippen LogP contribution in [0.5, 0.6) is 0 Å². The highest BCUT2D eigenvalue weighted by atomic mass is 16.2. The monoisotopic (exact) mass is 379 g/mol. The molecule has 28 heavy (non-hydrogen) atoms. The van der Waals surface area contributed by atoms with E-state index in [4.69, 9.17) is 0 Å². The molecule has 2 bridgehead atoms. The van der Waals surface area contributed by atoms with E-state index >= 15 is 0 Å². The maximum absolute atomic E-state index is 12.8. The number of rotatable bonds is 4. The van der Waals surface area contributed by atoms with Gasteiger partial charge < -0.3 is 10.2 Å². The Labute approximate surface area is 164 Å². The number of hydrogen-bond acceptors (Lipinski definition) is 4. The number of carbonyl (C=O) groups excluding carboxylic acids is 2. The molecule has 1 N–H and O–H groups in total. The van der Waals surface area contributed by atoms with Gasteiger partial charge in [0.2, 0.25) is 5.91 Å². The van der Waals surface area contributed by atoms with Gasteiger partial charge in [-0.05, 0) is 43.4 Å². The summed E-state index contributed by atoms with van der Waals surface area (Å²) in [5.74, 6) is 0.764. The van der Waals surface area contributed by atoms with Crippen molar-refractivity contribution in [2.24, 2.45) is 5.92 Å². The lowest BCUT2D eigenvalue weighted by molar-refractivity contribution is -0.134. The van der Waals surface area contributed by atoms with E-state index in [0.29, 0.717) is 37.9 Å². The number of piperidine rings is 1. The van der Waals surface area contributed by atoms with Gasteiger partial charge in [0.15, 0.2) is 5.69 Å². The summed E-state index contributed by atoms with van der Waals surface area (Å²) in [4.78, 5) is 29.5. The maximum atomic E-state index is 12.8. The van der Waals surface area contributed by atoms with Crippen LogP contribution < -0.4 is 5.32 Å². The molecule has 0 spiro atoms. The highest BCUT2D eigenvalue weighted by Crippen LogP contribution is 2.37. The Hall–Kier alpha value is -2.67. The third-order valence-electron chi connectivity index (χ3n) is 6.28. The number of likely N-dealkylation sites (tertiary alicyclic amines) is 1. The number of amides is 2. The Kier molecular flexibility index (Phi) is 4.39. The van der Waals surface area contributed by atoms with Crippen LogP contribution in [-0.4, -0.2) is 57.1 Å². The van der Waals surface area contributed by atoms with Crippen LogP contribution in [0, 0.1) is 5.92 Å². The van der Waals surface area contributed by atoms with Crippen molar-refractivity contribution in [2.75, 3.05) is 25.0 Å². The minimum Gasteiger partial charge on any atom is -0.334 e. The van der Waals surface area contributed by atoms with E-state index < -0.39 is 0 Å². The summed E-state index contributed by atoms with van der Waals surface area (Å²) in [5.41, 5.74) is 2.06. The summed E-state index contributed by atoms with van der Waals surface area (Å²) < 4.78 is 1.85. The largest absolute Gasteiger partial charge is 0.334 e. The molecule has 5 rings (SSSR count). The molecule has 0 unspecified atom stereocenters. The SMILES string of the molecule is O=C(Nc1ccccc1)c1cc2n(n1)CCN(C(=O)CN1C[C@@H]3CC[C@@H]1C3)C2. The molecule has 7 heteroatoms. The summed E-state index contributed by atoms with van der Waals surface area (Å²) in [5, 5.41) is 7.29. The van der Waals surface area contributed by atoms with Crippen molar-refractivity contribution in [1.82, 2.24) is 19.6 Å². The summed E-state index contributed by atoms with van der Waals surface area (Å²) in [7, 11) is 0. The molecule has 1 aromatic carbocycles. The Morgan fingerprint density at radius 2 is 2.00 bits per heavy atom. The van der Waals surface area contributed by atoms with Gasteiger partial charge in [-0.1, -0.05) is 18.2 Å². The van der Waals surface area contributed by atoms with Gasteiger partial charge in [-0.2, -0.15) is 5.10 Å². The fourth-order valence-electron chi connectivity index (χ4n) is 4.80. The van der Waals surface area contributed by atoms with Crippen LogP contribution >= 0.6 is 0 Å². The molecule has 1 aliphatic carbocycles. The van der Waals surface area contributed by atoms with Crippen LogP contribution in [0.4, 0.5) is 5.69 Å². The maximum Gasteiger partial charge on any atom is 0.276 e. The Morgan fingerprint density at radius 1 is 1.14 bits per heavy atom. The highest BCUT2D eigenvalue weighted by molar-refractivity contribution is 6.02. The van der Waals surface area contributed by atoms with E-state index in [1.807, 2.05) is 39.9 Å². The lowest BCUT2D eigenvalue weighted by atomic mass is 10.1. The fraction of sp³-hybridized carbons (Fsp3) is 0.476. The lowest BCUT2D eigenvalue weighted by Crippen LogP contribution is -2.45. The van der Waals surface area contributed by atoms with E-state index in [1.165, 1.54) is 19.3 Å². The molecule has 1 saturated heterocycles. The average molecular weight is 379 g/mol. The first-order valence-corrected chi connectivity index (χ1v) is 10.1. The van der Waals surface area contributed by atoms with Crippen molar-refractivity contribution in [3.8, 4) is 0 Å². The molecule has 2 fully saturated rings. The number of nitrogens with one attached hydrogen (secondary N) is 1. The van der Waals surface area contributed by atoms with E-state index in [9.17, 15) is 9.59 Å². The molecule has 146 valence electrons. The molecular weight excluding hydrogens is 354 g/mol. The number of para-hydroxylation sites is 1. The second-order valence-electron chi connectivity index (χ2n) is 8.14. The first kappa shape index (κ1) is 17.4. The lowest BCUT2D eigenvalue weighted by Gasteiger charge is -2.32. The number of carbonyl (C=O) groups is 2. The summed E-state index contributed by atoms with van der Waals surface area (Å²) in [6.07, 6.45) is 3.83. The molecule has 2 atom stereocenters. The van der Waals surface area contributed by atoms with Crippen molar-refractivity contribution in [2.45, 2.75) is 38.4 Å². The van der Waals surface area contributed by atoms with Crippen molar-refractivity contribution >= 4 is 17.5 Å². The number of fused-ring (bicyclic) bond motifs is 3. The fourth-order valence-corrected chi connectivity index (χ4v) is 4.80. The van der Waals surface area contributed by atoms with Gasteiger partial charge in [0, 0.05) is 24.8 Å². The van der Waals surface area contributed by atoms with E-state index in [2.05, 4.69) is 15.3 Å². The van der Waals surface area contributed by atoms with Crippen LogP contribution in [0.25, 0.3) is 0 Å². The van der Waals surface area contributed by atoms with Crippen molar-refractivity contribution < 1.29 is 9.59 Å². The van der Waals surface area contributed by atoms with Crippen LogP contribution in [0.15, 0.2) is 36.4 Å². The quantitative estimate of drug-likeness (QED) is 0.882. The highest BCUT2D eigenvalue weighted by Gasteiger charge is 2.39. The van der Waals surface area contributed by atoms with Crippen LogP contribution in [0.1, 0.15) is 35.4 Å². The number of nitrogens with zero attached hydrogens (tertiary/aromatic N) is 4. The first-order chi connectivity index (χ1) is 13.7. The van der Waals surface area contributed by atoms with E-state index in [1.54, 1.807) is 6.07 Å². The Bertz CT molecular complexity index is 893. The van der Waals surface area contributed by atoms with Gasteiger partial charge in [-0.15, -0.1) is 0 Å². The molecule has 7 nitrogen and oxygen atoms in total. The number of anilines is 1. The predicted octanol–water partition coefficient (Wildman–Crippen LogP) is 1.96. The average Bonchev–Trinajstić information content (AvgIpc) is 3.43. The van der Waals surface area contributed by atoms with Gasteiger partial charge >= 0.3 is 0 Å². The molecule has 3 aliphatic rings. The molecular formula is C21H25N5O2. The van der Waals surface area contributed by atoms with Crippen molar-refractivity contribution in [3.05, 3.63) is 47.8 Å². The molecule has 1 aromatic heterocycles. The smallest absolute Gasteiger partial charge is 0.276 e. The molecule has 1 saturated carbocycles. The topological polar surface area (TPSA) is 70.5 Å². The first-order valence-electron chi connectivity index (χ1n) is 10.1. The molecule has 2 aromatic rings. The molecule has 2 aliphatic heterocycles. The minimum absolute atomic E-state index is 0.190. The van der Waals surface area contributed by atoms with Gasteiger partial charge in [0.05, 0.1) is 25.3 Å². The second kappa shape index (κ2) is 7.05. The minimum atomic E-state index is -0.223. The summed E-state index contributed by atoms with van der Waals surface area (Å²) >= 11 is 0. The van der Waals surface area contributed by atoms with Crippen molar-refractivity contribution in [3.63, 3.8) is 0 Å². The third kappa shape index (κ3) is 3.30. The predicted molar refractivity (Wildman–Crippen MR) is 105 cm³/mol. The summed E-state index contributed by atoms with van der Waals surface area (Å²) in [6.45, 7) is 3.40. The van der Waals surface area contributed by atoms with Crippen molar-refractivity contribution in [1.29, 1.82) is 0 Å². The van der Waals surface area contributed by atoms with Crippen LogP contribution in [-0.2, 0) is 17.9 Å². The molecule has 3 heterocycles. The zero-order valence-corrected chi connectivity index (χ0v) is 15.9. The van der Waals surface area contributed by atoms with Gasteiger partial charge in [0.25, 0.3) is 5.91 Å². The van der Waals surface area contributed by atoms with Gasteiger partial charge in [-0.25, -0.2) is 0 Å². The third-order valence-corrected chi connectivity index (χ3v) is 6.28. The molecule has 0 radical (unpaired) electrons. The zero-order chi connectivity index (χ0) is 19.1. The van der Waals surface area contributed by atoms with E-state index in [-0.39, 0.29) is 11.8 Å². The normalized spacial score (nSPS) is 23.6. The van der Waals surface area contributed by atoms with E-state index in [0.717, 1.165) is 23.8 Å². The second-order valence-corrected chi connectivity index (χ2v) is 8.14. The number of benzene rings is 1. The van der Waals surface area contributed by atoms with Crippen LogP contribution in [0.2, 0.25) is 0 Å². The number of hydrogen-bond donors (Lipinski definition) is 1. The standard InChI is InChI=1S/C21H25N5O2/c27-20(14-25-12-15-6-7-17(25)10-15)24-8-9-26-18(13-24)11-19(23-26)21(28)22-16-4-2-1-3-5-16/h1-5,11,15,17H,6-10,12-14H2,(H,22,28)/t15-,17-/m1/s1. The zero-order valence-electron chi connectivity index (χ0n) is 15.9. The van der Waals surface area contributed by atoms with Gasteiger partial charge in [0.1, 0.15) is 0 Å². The Balaban J connectivity index is 1.22. The van der Waals surface area contributed by atoms with Gasteiger partial charge in [-0.3, -0.25) is 19.2 Å².